The summed E-state index contributed by atoms with van der Waals surface area (Å²) in [6.45, 7) is 4.15. The van der Waals surface area contributed by atoms with Crippen molar-refractivity contribution in [2.24, 2.45) is 14.1 Å². The number of hydrogen-bond acceptors (Lipinski definition) is 5. The smallest absolute Gasteiger partial charge is 0.183 e. The van der Waals surface area contributed by atoms with Gasteiger partial charge in [0.1, 0.15) is 5.75 Å². The number of benzene rings is 6. The van der Waals surface area contributed by atoms with Crippen LogP contribution in [0.25, 0.3) is 55.5 Å². The molecular weight excluding hydrogens is 805 g/mol. The Labute approximate surface area is 354 Å². The predicted molar refractivity (Wildman–Crippen MR) is 244 cm³/mol. The molecule has 2 aromatic heterocycles. The molecule has 4 aliphatic rings. The van der Waals surface area contributed by atoms with E-state index >= 15 is 0 Å². The first-order valence-corrected chi connectivity index (χ1v) is 24.2. The van der Waals surface area contributed by atoms with Gasteiger partial charge in [-0.3, -0.25) is 8.42 Å². The normalized spacial score (nSPS) is 17.5. The van der Waals surface area contributed by atoms with Crippen molar-refractivity contribution in [3.05, 3.63) is 166 Å². The predicted octanol–water partition coefficient (Wildman–Crippen LogP) is 10.2. The molecule has 0 saturated heterocycles. The Morgan fingerprint density at radius 2 is 1.08 bits per heavy atom. The molecule has 0 radical (unpaired) electrons. The van der Waals surface area contributed by atoms with E-state index in [2.05, 4.69) is 65.6 Å². The van der Waals surface area contributed by atoms with Crippen molar-refractivity contribution >= 4 is 64.4 Å². The van der Waals surface area contributed by atoms with Gasteiger partial charge in [0.25, 0.3) is 0 Å². The molecule has 2 unspecified atom stereocenters. The Hall–Kier alpha value is -5.81. The fourth-order valence-corrected chi connectivity index (χ4v) is 13.9. The van der Waals surface area contributed by atoms with Crippen molar-refractivity contribution in [2.45, 2.75) is 46.5 Å². The average Bonchev–Trinajstić information content (AvgIpc) is 3.84. The molecule has 300 valence electrons. The van der Waals surface area contributed by atoms with E-state index in [4.69, 9.17) is 0 Å². The van der Waals surface area contributed by atoms with Crippen molar-refractivity contribution in [2.75, 3.05) is 5.75 Å². The zero-order chi connectivity index (χ0) is 41.6. The molecule has 0 saturated carbocycles. The molecule has 0 spiro atoms. The van der Waals surface area contributed by atoms with Crippen LogP contribution in [0.2, 0.25) is 0 Å². The number of aromatic nitrogens is 2. The van der Waals surface area contributed by atoms with Crippen LogP contribution in [-0.2, 0) is 63.5 Å². The van der Waals surface area contributed by atoms with Crippen LogP contribution >= 0.6 is 0 Å². The first kappa shape index (κ1) is 38.4. The fraction of sp³-hybridized carbons (Fsp3) is 0.160. The maximum absolute atomic E-state index is 12.5. The SMILES string of the molecule is Cc1ccc2c(c1)C1=C(C2)c2ccccc2S(=O)(=O)C1.Cc1ccc2c(c1)c1c(n2C)-c2ccccc2S(=O)C1.Cn1c2c(c3cc(O)ccc31)CS(=O)c1ccccc1-2. The van der Waals surface area contributed by atoms with Crippen LogP contribution in [0.15, 0.2) is 142 Å². The van der Waals surface area contributed by atoms with Gasteiger partial charge >= 0.3 is 0 Å². The summed E-state index contributed by atoms with van der Waals surface area (Å²) in [6.07, 6.45) is 0.845. The number of hydrogen-bond donors (Lipinski definition) is 1. The standard InChI is InChI=1S/C17H15NOS.C17H14O2S.C16H13NO2S/c1-11-7-8-15-13(9-11)14-10-20(19)16-6-4-3-5-12(16)17(14)18(15)2;1-11-6-7-12-9-15-13-4-2-3-5-17(13)20(18,19)10-16(15)14(12)8-11;1-17-14-7-6-10(18)8-12(14)13-9-20(19)15-5-3-2-4-11(15)16(13)17/h3-9H,10H2,1-2H3;2-8H,9-10H2,1H3;2-8,18H,9H2,1H3. The first-order chi connectivity index (χ1) is 28.9. The van der Waals surface area contributed by atoms with E-state index in [-0.39, 0.29) is 11.5 Å². The van der Waals surface area contributed by atoms with Gasteiger partial charge in [-0.2, -0.15) is 0 Å². The summed E-state index contributed by atoms with van der Waals surface area (Å²) < 4.78 is 54.2. The van der Waals surface area contributed by atoms with Gasteiger partial charge in [-0.05, 0) is 108 Å². The third-order valence-electron chi connectivity index (χ3n) is 12.3. The molecule has 10 heteroatoms. The highest BCUT2D eigenvalue weighted by atomic mass is 32.2. The lowest BCUT2D eigenvalue weighted by Crippen LogP contribution is -2.15. The van der Waals surface area contributed by atoms with Gasteiger partial charge < -0.3 is 14.2 Å². The van der Waals surface area contributed by atoms with E-state index in [0.717, 1.165) is 66.2 Å². The summed E-state index contributed by atoms with van der Waals surface area (Å²) in [5, 5.41) is 11.9. The molecule has 1 N–H and O–H groups in total. The average molecular weight is 847 g/mol. The van der Waals surface area contributed by atoms with E-state index in [1.807, 2.05) is 74.6 Å². The Kier molecular flexibility index (Phi) is 9.24. The fourth-order valence-electron chi connectivity index (χ4n) is 9.52. The topological polar surface area (TPSA) is 98.4 Å². The first-order valence-electron chi connectivity index (χ1n) is 19.9. The van der Waals surface area contributed by atoms with Gasteiger partial charge in [0.05, 0.1) is 55.1 Å². The van der Waals surface area contributed by atoms with Gasteiger partial charge in [0, 0.05) is 56.8 Å². The Morgan fingerprint density at radius 3 is 1.72 bits per heavy atom. The lowest BCUT2D eigenvalue weighted by atomic mass is 10.0. The molecule has 0 fully saturated rings. The van der Waals surface area contributed by atoms with Crippen molar-refractivity contribution in [1.82, 2.24) is 9.13 Å². The highest BCUT2D eigenvalue weighted by molar-refractivity contribution is 7.92. The molecule has 5 heterocycles. The van der Waals surface area contributed by atoms with Crippen molar-refractivity contribution in [3.63, 3.8) is 0 Å². The molecule has 7 nitrogen and oxygen atoms in total. The van der Waals surface area contributed by atoms with E-state index in [1.54, 1.807) is 24.3 Å². The lowest BCUT2D eigenvalue weighted by Gasteiger charge is -2.19. The van der Waals surface area contributed by atoms with Crippen LogP contribution in [0.4, 0.5) is 0 Å². The number of phenols is 1. The third kappa shape index (κ3) is 6.14. The quantitative estimate of drug-likeness (QED) is 0.164. The van der Waals surface area contributed by atoms with Crippen LogP contribution < -0.4 is 0 Å². The van der Waals surface area contributed by atoms with E-state index in [9.17, 15) is 21.9 Å². The zero-order valence-corrected chi connectivity index (χ0v) is 36.1. The Balaban J connectivity index is 0.000000108. The molecule has 3 aliphatic heterocycles. The molecule has 12 rings (SSSR count). The van der Waals surface area contributed by atoms with Crippen LogP contribution in [0.3, 0.4) is 0 Å². The van der Waals surface area contributed by atoms with Crippen LogP contribution in [0.5, 0.6) is 5.75 Å². The van der Waals surface area contributed by atoms with Crippen molar-refractivity contribution in [1.29, 1.82) is 0 Å². The number of nitrogens with zero attached hydrogens (tertiary/aromatic N) is 2. The highest BCUT2D eigenvalue weighted by Gasteiger charge is 2.35. The number of rotatable bonds is 0. The number of aryl methyl sites for hydroxylation is 4. The largest absolute Gasteiger partial charge is 0.508 e. The summed E-state index contributed by atoms with van der Waals surface area (Å²) in [5.41, 5.74) is 16.9. The molecule has 60 heavy (non-hydrogen) atoms. The van der Waals surface area contributed by atoms with Gasteiger partial charge in [0.2, 0.25) is 0 Å². The maximum Gasteiger partial charge on any atom is 0.183 e. The number of aromatic hydroxyl groups is 1. The minimum atomic E-state index is -3.21. The maximum atomic E-state index is 12.5. The molecule has 6 aromatic carbocycles. The van der Waals surface area contributed by atoms with Crippen molar-refractivity contribution < 1.29 is 21.9 Å². The monoisotopic (exact) mass is 846 g/mol. The molecule has 0 bridgehead atoms. The molecule has 2 atom stereocenters. The Morgan fingerprint density at radius 1 is 0.567 bits per heavy atom. The third-order valence-corrected chi connectivity index (χ3v) is 16.8. The molecule has 0 amide bonds. The number of fused-ring (bicyclic) bond motifs is 14. The second-order valence-corrected chi connectivity index (χ2v) is 20.8. The van der Waals surface area contributed by atoms with Crippen molar-refractivity contribution in [3.8, 4) is 28.3 Å². The zero-order valence-electron chi connectivity index (χ0n) is 33.7. The summed E-state index contributed by atoms with van der Waals surface area (Å²) in [6, 6.07) is 41.5. The van der Waals surface area contributed by atoms with Gasteiger partial charge in [0.15, 0.2) is 9.84 Å². The minimum Gasteiger partial charge on any atom is -0.508 e. The second kappa shape index (κ2) is 14.4. The summed E-state index contributed by atoms with van der Waals surface area (Å²) >= 11 is 0. The number of allylic oxidation sites excluding steroid dienone is 1. The van der Waals surface area contributed by atoms with E-state index < -0.39 is 31.4 Å². The van der Waals surface area contributed by atoms with Crippen LogP contribution in [0, 0.1) is 13.8 Å². The second-order valence-electron chi connectivity index (χ2n) is 16.0. The van der Waals surface area contributed by atoms with Crippen LogP contribution in [-0.4, -0.2) is 36.8 Å². The number of phenolic OH excluding ortho intramolecular Hbond substituents is 1. The van der Waals surface area contributed by atoms with E-state index in [0.29, 0.717) is 16.4 Å². The van der Waals surface area contributed by atoms with Crippen LogP contribution in [0.1, 0.15) is 38.9 Å². The van der Waals surface area contributed by atoms with Gasteiger partial charge in [-0.25, -0.2) is 8.42 Å². The minimum absolute atomic E-state index is 0.135. The summed E-state index contributed by atoms with van der Waals surface area (Å²) in [4.78, 5) is 2.35. The summed E-state index contributed by atoms with van der Waals surface area (Å²) in [5.74, 6) is 1.51. The number of sulfone groups is 1. The molecule has 1 aliphatic carbocycles. The van der Waals surface area contributed by atoms with Gasteiger partial charge in [-0.15, -0.1) is 0 Å². The Bertz CT molecular complexity index is 3190. The lowest BCUT2D eigenvalue weighted by molar-refractivity contribution is 0.476. The molecular formula is C50H42N2O5S3. The molecule has 8 aromatic rings. The summed E-state index contributed by atoms with van der Waals surface area (Å²) in [7, 11) is -1.05. The van der Waals surface area contributed by atoms with Gasteiger partial charge in [-0.1, -0.05) is 90.0 Å². The highest BCUT2D eigenvalue weighted by Crippen LogP contribution is 2.46. The van der Waals surface area contributed by atoms with E-state index in [1.165, 1.54) is 44.4 Å².